The molecule has 1 heterocycles. The molecule has 0 bridgehead atoms. The van der Waals surface area contributed by atoms with E-state index in [4.69, 9.17) is 0 Å². The molecule has 2 aromatic carbocycles. The quantitative estimate of drug-likeness (QED) is 0.550. The molecule has 136 valence electrons. The van der Waals surface area contributed by atoms with Crippen molar-refractivity contribution in [3.8, 4) is 0 Å². The molecule has 0 spiro atoms. The number of nitrogens with zero attached hydrogens (tertiary/aromatic N) is 2. The average molecular weight is 363 g/mol. The summed E-state index contributed by atoms with van der Waals surface area (Å²) in [5, 5.41) is 9.34. The predicted octanol–water partition coefficient (Wildman–Crippen LogP) is 3.70. The Morgan fingerprint density at radius 2 is 1.96 bits per heavy atom. The van der Waals surface area contributed by atoms with Crippen LogP contribution in [0.1, 0.15) is 29.5 Å². The van der Waals surface area contributed by atoms with Crippen molar-refractivity contribution in [1.82, 2.24) is 15.4 Å². The number of hydroxylamine groups is 1. The van der Waals surface area contributed by atoms with Gasteiger partial charge in [0.2, 0.25) is 0 Å². The number of carbonyl (C=O) groups excluding carboxylic acids is 1. The third-order valence-electron chi connectivity index (χ3n) is 5.30. The summed E-state index contributed by atoms with van der Waals surface area (Å²) in [5.41, 5.74) is 5.06. The molecular weight excluding hydrogens is 345 g/mol. The van der Waals surface area contributed by atoms with Crippen LogP contribution in [0, 0.1) is 12.7 Å². The maximum Gasteiger partial charge on any atom is 0.257 e. The lowest BCUT2D eigenvalue weighted by Crippen LogP contribution is -2.41. The van der Waals surface area contributed by atoms with Crippen molar-refractivity contribution in [2.75, 3.05) is 0 Å². The highest BCUT2D eigenvalue weighted by molar-refractivity contribution is 5.94. The van der Waals surface area contributed by atoms with Crippen molar-refractivity contribution >= 4 is 22.5 Å². The summed E-state index contributed by atoms with van der Waals surface area (Å²) < 4.78 is 14.1. The summed E-state index contributed by atoms with van der Waals surface area (Å²) in [6.07, 6.45) is 6.17. The lowest BCUT2D eigenvalue weighted by molar-refractivity contribution is -0.133. The molecule has 1 amide bonds. The van der Waals surface area contributed by atoms with Crippen molar-refractivity contribution in [2.45, 2.75) is 25.2 Å². The van der Waals surface area contributed by atoms with E-state index in [9.17, 15) is 14.4 Å². The first-order chi connectivity index (χ1) is 13.0. The highest BCUT2D eigenvalue weighted by Gasteiger charge is 2.43. The molecule has 0 fully saturated rings. The van der Waals surface area contributed by atoms with Crippen LogP contribution in [0.3, 0.4) is 0 Å². The Bertz CT molecular complexity index is 1080. The molecule has 1 aliphatic carbocycles. The van der Waals surface area contributed by atoms with Gasteiger partial charge in [0.1, 0.15) is 5.82 Å². The fraction of sp³-hybridized carbons (Fsp3) is 0.190. The van der Waals surface area contributed by atoms with Gasteiger partial charge in [0.05, 0.1) is 16.4 Å². The number of amides is 1. The van der Waals surface area contributed by atoms with Crippen LogP contribution in [-0.2, 0) is 10.2 Å². The number of benzene rings is 2. The number of carbonyl (C=O) groups is 1. The number of allylic oxidation sites excluding steroid dienone is 1. The largest absolute Gasteiger partial charge is 0.289 e. The zero-order valence-electron chi connectivity index (χ0n) is 14.7. The van der Waals surface area contributed by atoms with Crippen LogP contribution in [0.15, 0.2) is 54.9 Å². The predicted molar refractivity (Wildman–Crippen MR) is 99.5 cm³/mol. The van der Waals surface area contributed by atoms with E-state index in [1.807, 2.05) is 24.3 Å². The number of rotatable bonds is 3. The molecule has 6 heteroatoms. The van der Waals surface area contributed by atoms with E-state index >= 15 is 0 Å². The molecule has 2 N–H and O–H groups in total. The van der Waals surface area contributed by atoms with Crippen molar-refractivity contribution < 1.29 is 14.4 Å². The van der Waals surface area contributed by atoms with E-state index in [2.05, 4.69) is 9.97 Å². The molecule has 27 heavy (non-hydrogen) atoms. The minimum Gasteiger partial charge on any atom is -0.289 e. The second kappa shape index (κ2) is 6.55. The maximum absolute atomic E-state index is 14.1. The Morgan fingerprint density at radius 3 is 2.74 bits per heavy atom. The van der Waals surface area contributed by atoms with Gasteiger partial charge in [-0.2, -0.15) is 0 Å². The molecule has 0 saturated heterocycles. The fourth-order valence-electron chi connectivity index (χ4n) is 3.87. The van der Waals surface area contributed by atoms with Crippen LogP contribution in [0.5, 0.6) is 0 Å². The highest BCUT2D eigenvalue weighted by Crippen LogP contribution is 2.44. The van der Waals surface area contributed by atoms with Gasteiger partial charge in [-0.25, -0.2) is 9.87 Å². The van der Waals surface area contributed by atoms with Crippen molar-refractivity contribution in [1.29, 1.82) is 0 Å². The average Bonchev–Trinajstić information content (AvgIpc) is 3.15. The van der Waals surface area contributed by atoms with Gasteiger partial charge in [-0.15, -0.1) is 0 Å². The third-order valence-corrected chi connectivity index (χ3v) is 5.30. The maximum atomic E-state index is 14.1. The minimum atomic E-state index is -1.12. The molecule has 1 unspecified atom stereocenters. The first-order valence-electron chi connectivity index (χ1n) is 8.68. The van der Waals surface area contributed by atoms with E-state index in [1.54, 1.807) is 36.9 Å². The van der Waals surface area contributed by atoms with Crippen molar-refractivity contribution in [2.24, 2.45) is 0 Å². The Morgan fingerprint density at radius 1 is 1.19 bits per heavy atom. The summed E-state index contributed by atoms with van der Waals surface area (Å²) in [4.78, 5) is 21.2. The lowest BCUT2D eigenvalue weighted by Gasteiger charge is -2.27. The summed E-state index contributed by atoms with van der Waals surface area (Å²) >= 11 is 0. The van der Waals surface area contributed by atoms with E-state index in [0.717, 1.165) is 22.2 Å². The summed E-state index contributed by atoms with van der Waals surface area (Å²) in [6.45, 7) is 1.65. The Balaban J connectivity index is 1.85. The second-order valence-electron chi connectivity index (χ2n) is 6.75. The van der Waals surface area contributed by atoms with E-state index in [1.165, 1.54) is 6.07 Å². The molecule has 1 aromatic heterocycles. The van der Waals surface area contributed by atoms with Crippen LogP contribution in [-0.4, -0.2) is 21.1 Å². The van der Waals surface area contributed by atoms with Gasteiger partial charge < -0.3 is 0 Å². The number of aromatic nitrogens is 2. The molecule has 3 aromatic rings. The van der Waals surface area contributed by atoms with Crippen molar-refractivity contribution in [3.05, 3.63) is 77.4 Å². The molecule has 1 aliphatic rings. The Kier molecular flexibility index (Phi) is 4.20. The normalized spacial score (nSPS) is 19.1. The topological polar surface area (TPSA) is 75.1 Å². The highest BCUT2D eigenvalue weighted by atomic mass is 19.1. The summed E-state index contributed by atoms with van der Waals surface area (Å²) in [7, 11) is 0. The first kappa shape index (κ1) is 17.3. The molecule has 4 rings (SSSR count). The molecule has 5 nitrogen and oxygen atoms in total. The third kappa shape index (κ3) is 2.78. The van der Waals surface area contributed by atoms with Gasteiger partial charge in [0, 0.05) is 12.4 Å². The Labute approximate surface area is 155 Å². The van der Waals surface area contributed by atoms with Crippen molar-refractivity contribution in [3.63, 3.8) is 0 Å². The van der Waals surface area contributed by atoms with Crippen LogP contribution >= 0.6 is 0 Å². The molecule has 0 aliphatic heterocycles. The molecule has 0 saturated carbocycles. The number of nitrogens with one attached hydrogen (secondary N) is 1. The van der Waals surface area contributed by atoms with Gasteiger partial charge in [-0.05, 0) is 60.2 Å². The second-order valence-corrected chi connectivity index (χ2v) is 6.75. The van der Waals surface area contributed by atoms with Gasteiger partial charge >= 0.3 is 0 Å². The zero-order chi connectivity index (χ0) is 19.0. The Hall–Kier alpha value is -3.12. The SMILES string of the molecule is Cc1c(F)cccc1C1(C(=O)NO)C=C(c2ccc3nccnc3c2)CC1. The van der Waals surface area contributed by atoms with Gasteiger partial charge in [-0.1, -0.05) is 24.3 Å². The van der Waals surface area contributed by atoms with E-state index < -0.39 is 11.3 Å². The van der Waals surface area contributed by atoms with Crippen LogP contribution < -0.4 is 5.48 Å². The molecular formula is C21H18FN3O2. The number of hydrogen-bond donors (Lipinski definition) is 2. The van der Waals surface area contributed by atoms with E-state index in [0.29, 0.717) is 24.0 Å². The van der Waals surface area contributed by atoms with Crippen LogP contribution in [0.4, 0.5) is 4.39 Å². The van der Waals surface area contributed by atoms with Gasteiger partial charge in [0.25, 0.3) is 5.91 Å². The molecule has 0 radical (unpaired) electrons. The zero-order valence-corrected chi connectivity index (χ0v) is 14.7. The summed E-state index contributed by atoms with van der Waals surface area (Å²) in [5.74, 6) is -0.938. The van der Waals surface area contributed by atoms with Gasteiger partial charge in [0.15, 0.2) is 0 Å². The monoisotopic (exact) mass is 363 g/mol. The smallest absolute Gasteiger partial charge is 0.257 e. The molecule has 1 atom stereocenters. The number of fused-ring (bicyclic) bond motifs is 1. The van der Waals surface area contributed by atoms with Gasteiger partial charge in [-0.3, -0.25) is 20.0 Å². The lowest BCUT2D eigenvalue weighted by atomic mass is 9.77. The number of hydrogen-bond acceptors (Lipinski definition) is 4. The number of halogens is 1. The fourth-order valence-corrected chi connectivity index (χ4v) is 3.87. The standard InChI is InChI=1S/C21H18FN3O2/c1-13-16(3-2-4-17(13)22)21(20(26)25-27)8-7-15(12-21)14-5-6-18-19(11-14)24-10-9-23-18/h2-6,9-12,27H,7-8H2,1H3,(H,25,26). The van der Waals surface area contributed by atoms with E-state index in [-0.39, 0.29) is 5.82 Å². The minimum absolute atomic E-state index is 0.375. The van der Waals surface area contributed by atoms with Crippen LogP contribution in [0.2, 0.25) is 0 Å². The first-order valence-corrected chi connectivity index (χ1v) is 8.68. The summed E-state index contributed by atoms with van der Waals surface area (Å²) in [6, 6.07) is 10.4. The van der Waals surface area contributed by atoms with Crippen LogP contribution in [0.25, 0.3) is 16.6 Å².